The molecule has 2 rings (SSSR count). The third-order valence-electron chi connectivity index (χ3n) is 3.35. The van der Waals surface area contributed by atoms with Crippen molar-refractivity contribution in [2.75, 3.05) is 30.8 Å². The highest BCUT2D eigenvalue weighted by Crippen LogP contribution is 2.27. The van der Waals surface area contributed by atoms with E-state index in [-0.39, 0.29) is 18.0 Å². The molecule has 0 aromatic heterocycles. The van der Waals surface area contributed by atoms with Crippen LogP contribution in [-0.4, -0.2) is 44.2 Å². The summed E-state index contributed by atoms with van der Waals surface area (Å²) in [5, 5.41) is 21.0. The average Bonchev–Trinajstić information content (AvgIpc) is 3.04. The number of hydrogen-bond acceptors (Lipinski definition) is 6. The lowest BCUT2D eigenvalue weighted by atomic mass is 10.2. The van der Waals surface area contributed by atoms with Crippen molar-refractivity contribution in [2.45, 2.75) is 23.0 Å². The summed E-state index contributed by atoms with van der Waals surface area (Å²) in [6, 6.07) is 6.35. The van der Waals surface area contributed by atoms with Crippen molar-refractivity contribution in [3.05, 3.63) is 23.8 Å². The third-order valence-corrected chi connectivity index (χ3v) is 6.23. The Labute approximate surface area is 135 Å². The summed E-state index contributed by atoms with van der Waals surface area (Å²) in [7, 11) is -3.65. The molecule has 0 bridgehead atoms. The fraction of sp³-hybridized carbons (Fsp3) is 0.500. The molecule has 3 N–H and O–H groups in total. The molecule has 1 aliphatic heterocycles. The van der Waals surface area contributed by atoms with Crippen LogP contribution in [0.2, 0.25) is 0 Å². The molecule has 1 fully saturated rings. The first-order valence-corrected chi connectivity index (χ1v) is 9.60. The quantitative estimate of drug-likeness (QED) is 0.687. The number of nitrogens with one attached hydrogen (secondary N) is 2. The van der Waals surface area contributed by atoms with Crippen LogP contribution < -0.4 is 10.0 Å². The molecule has 0 radical (unpaired) electrons. The van der Waals surface area contributed by atoms with Gasteiger partial charge in [-0.25, -0.2) is 13.1 Å². The van der Waals surface area contributed by atoms with Gasteiger partial charge in [0, 0.05) is 18.3 Å². The Morgan fingerprint density at radius 3 is 2.91 bits per heavy atom. The molecule has 1 aliphatic rings. The van der Waals surface area contributed by atoms with Crippen LogP contribution in [0.15, 0.2) is 23.1 Å². The minimum absolute atomic E-state index is 0.1000. The fourth-order valence-corrected chi connectivity index (χ4v) is 4.80. The first kappa shape index (κ1) is 17.1. The second kappa shape index (κ2) is 7.83. The van der Waals surface area contributed by atoms with Crippen molar-refractivity contribution in [2.24, 2.45) is 0 Å². The first-order valence-electron chi connectivity index (χ1n) is 7.07. The molecule has 22 heavy (non-hydrogen) atoms. The number of hydrogen-bond donors (Lipinski definition) is 3. The molecule has 1 aromatic rings. The largest absolute Gasteiger partial charge is 0.395 e. The number of rotatable bonds is 7. The maximum Gasteiger partial charge on any atom is 0.242 e. The van der Waals surface area contributed by atoms with E-state index in [1.807, 2.05) is 6.07 Å². The maximum absolute atomic E-state index is 12.5. The topological polar surface area (TPSA) is 102 Å². The van der Waals surface area contributed by atoms with E-state index >= 15 is 0 Å². The van der Waals surface area contributed by atoms with Gasteiger partial charge < -0.3 is 10.4 Å². The van der Waals surface area contributed by atoms with E-state index in [0.29, 0.717) is 23.0 Å². The normalized spacial score (nSPS) is 18.1. The summed E-state index contributed by atoms with van der Waals surface area (Å²) in [5.41, 5.74) is 0.699. The SMILES string of the molecule is N#Cc1ccc(S(=O)(=O)NCC2CCCS2)c(NCCO)c1. The summed E-state index contributed by atoms with van der Waals surface area (Å²) in [6.45, 7) is 0.505. The molecule has 0 saturated carbocycles. The van der Waals surface area contributed by atoms with E-state index in [0.717, 1.165) is 18.6 Å². The number of thioether (sulfide) groups is 1. The third kappa shape index (κ3) is 4.36. The van der Waals surface area contributed by atoms with E-state index in [9.17, 15) is 8.42 Å². The Bertz CT molecular complexity index is 650. The number of anilines is 1. The van der Waals surface area contributed by atoms with Crippen LogP contribution in [0.1, 0.15) is 18.4 Å². The second-order valence-corrected chi connectivity index (χ2v) is 8.10. The number of nitriles is 1. The Kier molecular flexibility index (Phi) is 6.08. The van der Waals surface area contributed by atoms with Crippen molar-refractivity contribution < 1.29 is 13.5 Å². The molecule has 6 nitrogen and oxygen atoms in total. The van der Waals surface area contributed by atoms with Crippen LogP contribution in [0.4, 0.5) is 5.69 Å². The van der Waals surface area contributed by atoms with Crippen LogP contribution in [0.25, 0.3) is 0 Å². The molecule has 0 aliphatic carbocycles. The molecule has 1 unspecified atom stereocenters. The van der Waals surface area contributed by atoms with Crippen LogP contribution in [0.5, 0.6) is 0 Å². The van der Waals surface area contributed by atoms with Gasteiger partial charge in [-0.15, -0.1) is 0 Å². The van der Waals surface area contributed by atoms with Crippen LogP contribution in [0.3, 0.4) is 0 Å². The lowest BCUT2D eigenvalue weighted by molar-refractivity contribution is 0.311. The van der Waals surface area contributed by atoms with Gasteiger partial charge in [0.2, 0.25) is 10.0 Å². The lowest BCUT2D eigenvalue weighted by Crippen LogP contribution is -2.30. The fourth-order valence-electron chi connectivity index (χ4n) is 2.25. The summed E-state index contributed by atoms with van der Waals surface area (Å²) in [4.78, 5) is 0.1000. The monoisotopic (exact) mass is 341 g/mol. The lowest BCUT2D eigenvalue weighted by Gasteiger charge is -2.15. The molecule has 1 aromatic carbocycles. The van der Waals surface area contributed by atoms with Gasteiger partial charge in [0.05, 0.1) is 23.9 Å². The Morgan fingerprint density at radius 2 is 2.27 bits per heavy atom. The van der Waals surface area contributed by atoms with Gasteiger partial charge in [0.25, 0.3) is 0 Å². The highest BCUT2D eigenvalue weighted by molar-refractivity contribution is 8.00. The smallest absolute Gasteiger partial charge is 0.242 e. The number of nitrogens with zero attached hydrogens (tertiary/aromatic N) is 1. The van der Waals surface area contributed by atoms with E-state index in [4.69, 9.17) is 10.4 Å². The molecule has 120 valence electrons. The van der Waals surface area contributed by atoms with Crippen molar-refractivity contribution in [1.82, 2.24) is 4.72 Å². The zero-order valence-corrected chi connectivity index (χ0v) is 13.7. The predicted molar refractivity (Wildman–Crippen MR) is 87.4 cm³/mol. The van der Waals surface area contributed by atoms with Crippen molar-refractivity contribution in [1.29, 1.82) is 5.26 Å². The molecule has 1 saturated heterocycles. The molecular weight excluding hydrogens is 322 g/mol. The minimum atomic E-state index is -3.65. The van der Waals surface area contributed by atoms with E-state index in [1.54, 1.807) is 11.8 Å². The van der Waals surface area contributed by atoms with Crippen molar-refractivity contribution in [3.8, 4) is 6.07 Å². The number of benzene rings is 1. The molecule has 8 heteroatoms. The zero-order valence-electron chi connectivity index (χ0n) is 12.1. The first-order chi connectivity index (χ1) is 10.6. The van der Waals surface area contributed by atoms with Gasteiger partial charge in [-0.1, -0.05) is 0 Å². The summed E-state index contributed by atoms with van der Waals surface area (Å²) in [6.07, 6.45) is 2.15. The van der Waals surface area contributed by atoms with Gasteiger partial charge in [-0.2, -0.15) is 17.0 Å². The highest BCUT2D eigenvalue weighted by Gasteiger charge is 2.22. The highest BCUT2D eigenvalue weighted by atomic mass is 32.2. The van der Waals surface area contributed by atoms with E-state index in [2.05, 4.69) is 10.0 Å². The van der Waals surface area contributed by atoms with Gasteiger partial charge in [-0.3, -0.25) is 0 Å². The van der Waals surface area contributed by atoms with Gasteiger partial charge in [-0.05, 0) is 36.8 Å². The van der Waals surface area contributed by atoms with Gasteiger partial charge in [0.15, 0.2) is 0 Å². The summed E-state index contributed by atoms with van der Waals surface area (Å²) < 4.78 is 27.6. The standard InChI is InChI=1S/C14H19N3O3S2/c15-9-11-3-4-14(13(8-11)16-5-6-18)22(19,20)17-10-12-2-1-7-21-12/h3-4,8,12,16-18H,1-2,5-7,10H2. The zero-order chi connectivity index (χ0) is 16.0. The maximum atomic E-state index is 12.5. The molecule has 0 spiro atoms. The van der Waals surface area contributed by atoms with E-state index < -0.39 is 10.0 Å². The summed E-state index contributed by atoms with van der Waals surface area (Å²) in [5.74, 6) is 1.08. The van der Waals surface area contributed by atoms with Crippen LogP contribution in [0, 0.1) is 11.3 Å². The molecular formula is C14H19N3O3S2. The number of aliphatic hydroxyl groups excluding tert-OH is 1. The van der Waals surface area contributed by atoms with Gasteiger partial charge >= 0.3 is 0 Å². The van der Waals surface area contributed by atoms with Crippen molar-refractivity contribution in [3.63, 3.8) is 0 Å². The Balaban J connectivity index is 2.18. The van der Waals surface area contributed by atoms with Crippen molar-refractivity contribution >= 4 is 27.5 Å². The predicted octanol–water partition coefficient (Wildman–Crippen LogP) is 1.14. The molecule has 0 amide bonds. The van der Waals surface area contributed by atoms with Crippen LogP contribution >= 0.6 is 11.8 Å². The minimum Gasteiger partial charge on any atom is -0.395 e. The van der Waals surface area contributed by atoms with Crippen LogP contribution in [-0.2, 0) is 10.0 Å². The van der Waals surface area contributed by atoms with Gasteiger partial charge in [0.1, 0.15) is 4.90 Å². The second-order valence-electron chi connectivity index (χ2n) is 4.96. The molecule has 1 heterocycles. The average molecular weight is 341 g/mol. The summed E-state index contributed by atoms with van der Waals surface area (Å²) >= 11 is 1.78. The molecule has 1 atom stereocenters. The van der Waals surface area contributed by atoms with E-state index in [1.165, 1.54) is 18.2 Å². The Hall–Kier alpha value is -1.27. The number of aliphatic hydroxyl groups is 1. The Morgan fingerprint density at radius 1 is 1.45 bits per heavy atom. The number of sulfonamides is 1.